The molecule has 184 valence electrons. The number of aliphatic hydroxyl groups excluding tert-OH is 1. The van der Waals surface area contributed by atoms with Gasteiger partial charge in [0.25, 0.3) is 11.7 Å². The van der Waals surface area contributed by atoms with E-state index in [1.54, 1.807) is 56.3 Å². The Balaban J connectivity index is 1.90. The van der Waals surface area contributed by atoms with Crippen LogP contribution < -0.4 is 4.90 Å². The second kappa shape index (κ2) is 9.70. The van der Waals surface area contributed by atoms with Crippen LogP contribution in [0.1, 0.15) is 52.5 Å². The summed E-state index contributed by atoms with van der Waals surface area (Å²) in [5.41, 5.74) is 3.30. The fourth-order valence-electron chi connectivity index (χ4n) is 4.18. The topological polar surface area (TPSA) is 104 Å². The first kappa shape index (κ1) is 24.7. The van der Waals surface area contributed by atoms with E-state index in [0.717, 1.165) is 11.1 Å². The largest absolute Gasteiger partial charge is 0.508 e. The maximum atomic E-state index is 13.3. The zero-order valence-electron chi connectivity index (χ0n) is 20.5. The van der Waals surface area contributed by atoms with Crippen LogP contribution in [0.5, 0.6) is 5.75 Å². The summed E-state index contributed by atoms with van der Waals surface area (Å²) in [6.07, 6.45) is -0.328. The zero-order chi connectivity index (χ0) is 26.1. The van der Waals surface area contributed by atoms with Crippen molar-refractivity contribution in [3.8, 4) is 5.75 Å². The van der Waals surface area contributed by atoms with Crippen LogP contribution in [0.4, 0.5) is 5.69 Å². The van der Waals surface area contributed by atoms with Gasteiger partial charge in [-0.05, 0) is 80.8 Å². The Morgan fingerprint density at radius 1 is 0.917 bits per heavy atom. The molecule has 1 atom stereocenters. The van der Waals surface area contributed by atoms with Gasteiger partial charge in [0.05, 0.1) is 23.3 Å². The van der Waals surface area contributed by atoms with Gasteiger partial charge in [-0.2, -0.15) is 0 Å². The molecule has 1 aliphatic rings. The van der Waals surface area contributed by atoms with Crippen LogP contribution in [0.3, 0.4) is 0 Å². The van der Waals surface area contributed by atoms with Crippen molar-refractivity contribution in [2.45, 2.75) is 39.8 Å². The van der Waals surface area contributed by atoms with E-state index in [4.69, 9.17) is 4.74 Å². The van der Waals surface area contributed by atoms with Gasteiger partial charge in [-0.3, -0.25) is 14.5 Å². The molecule has 1 unspecified atom stereocenters. The van der Waals surface area contributed by atoms with Gasteiger partial charge in [0.15, 0.2) is 0 Å². The molecule has 1 saturated heterocycles. The molecule has 0 aliphatic carbocycles. The first-order valence-electron chi connectivity index (χ1n) is 11.6. The van der Waals surface area contributed by atoms with Crippen LogP contribution in [0.15, 0.2) is 72.3 Å². The number of aryl methyl sites for hydroxylation is 2. The van der Waals surface area contributed by atoms with Crippen molar-refractivity contribution in [3.05, 3.63) is 100 Å². The highest BCUT2D eigenvalue weighted by molar-refractivity contribution is 6.51. The molecule has 0 bridgehead atoms. The average molecular weight is 486 g/mol. The summed E-state index contributed by atoms with van der Waals surface area (Å²) in [7, 11) is 0. The molecule has 1 aliphatic heterocycles. The van der Waals surface area contributed by atoms with Gasteiger partial charge in [0, 0.05) is 11.3 Å². The molecule has 7 nitrogen and oxygen atoms in total. The molecule has 3 aromatic carbocycles. The molecule has 0 radical (unpaired) electrons. The second-order valence-corrected chi connectivity index (χ2v) is 9.06. The predicted molar refractivity (Wildman–Crippen MR) is 136 cm³/mol. The van der Waals surface area contributed by atoms with Crippen molar-refractivity contribution in [2.24, 2.45) is 0 Å². The summed E-state index contributed by atoms with van der Waals surface area (Å²) >= 11 is 0. The molecule has 36 heavy (non-hydrogen) atoms. The molecule has 2 N–H and O–H groups in total. The number of ether oxygens (including phenoxy) is 1. The third kappa shape index (κ3) is 4.60. The molecule has 4 rings (SSSR count). The molecular weight excluding hydrogens is 458 g/mol. The normalized spacial score (nSPS) is 17.0. The van der Waals surface area contributed by atoms with Crippen LogP contribution in [0, 0.1) is 13.8 Å². The van der Waals surface area contributed by atoms with Gasteiger partial charge in [0.1, 0.15) is 11.5 Å². The lowest BCUT2D eigenvalue weighted by atomic mass is 9.94. The highest BCUT2D eigenvalue weighted by Gasteiger charge is 2.47. The number of rotatable bonds is 5. The number of nitrogens with zero attached hydrogens (tertiary/aromatic N) is 1. The van der Waals surface area contributed by atoms with Crippen molar-refractivity contribution in [2.75, 3.05) is 4.90 Å². The quantitative estimate of drug-likeness (QED) is 0.223. The number of benzene rings is 3. The number of Topliss-reactive ketones (excluding diaryl/α,β-unsaturated/α-hetero) is 1. The lowest BCUT2D eigenvalue weighted by molar-refractivity contribution is -0.132. The van der Waals surface area contributed by atoms with E-state index < -0.39 is 23.7 Å². The third-order valence-corrected chi connectivity index (χ3v) is 6.14. The number of hydrogen-bond donors (Lipinski definition) is 2. The number of anilines is 1. The highest BCUT2D eigenvalue weighted by Crippen LogP contribution is 2.42. The van der Waals surface area contributed by atoms with E-state index in [1.165, 1.54) is 23.1 Å². The molecule has 1 heterocycles. The molecule has 1 amide bonds. The molecule has 7 heteroatoms. The predicted octanol–water partition coefficient (Wildman–Crippen LogP) is 5.20. The Bertz CT molecular complexity index is 1390. The van der Waals surface area contributed by atoms with E-state index in [9.17, 15) is 24.6 Å². The molecule has 0 aromatic heterocycles. The van der Waals surface area contributed by atoms with Gasteiger partial charge in [-0.1, -0.05) is 30.3 Å². The summed E-state index contributed by atoms with van der Waals surface area (Å²) in [6, 6.07) is 16.6. The van der Waals surface area contributed by atoms with Crippen molar-refractivity contribution < 1.29 is 29.3 Å². The van der Waals surface area contributed by atoms with Crippen LogP contribution in [0.2, 0.25) is 0 Å². The van der Waals surface area contributed by atoms with E-state index in [2.05, 4.69) is 0 Å². The number of phenols is 1. The van der Waals surface area contributed by atoms with Crippen LogP contribution in [-0.4, -0.2) is 34.0 Å². The fraction of sp³-hybridized carbons (Fsp3) is 0.207. The molecule has 0 spiro atoms. The van der Waals surface area contributed by atoms with Gasteiger partial charge < -0.3 is 14.9 Å². The molecular formula is C29H27NO6. The van der Waals surface area contributed by atoms with Crippen molar-refractivity contribution >= 4 is 29.1 Å². The number of ketones is 1. The summed E-state index contributed by atoms with van der Waals surface area (Å²) in [5, 5.41) is 21.1. The standard InChI is InChI=1S/C29H27NO6/c1-16(2)36-29(35)21-6-5-7-22(15-21)30-25(19-10-12-23(31)13-11-19)24(27(33)28(30)34)26(32)20-9-8-17(3)18(4)14-20/h5-16,25,31-32H,1-4H3/b26-24+. The summed E-state index contributed by atoms with van der Waals surface area (Å²) in [6.45, 7) is 7.30. The Hall–Kier alpha value is -4.39. The van der Waals surface area contributed by atoms with Crippen molar-refractivity contribution in [3.63, 3.8) is 0 Å². The number of aromatic hydroxyl groups is 1. The summed E-state index contributed by atoms with van der Waals surface area (Å²) in [4.78, 5) is 40.4. The third-order valence-electron chi connectivity index (χ3n) is 6.14. The number of esters is 1. The average Bonchev–Trinajstić information content (AvgIpc) is 3.11. The smallest absolute Gasteiger partial charge is 0.338 e. The van der Waals surface area contributed by atoms with Gasteiger partial charge in [-0.25, -0.2) is 4.79 Å². The van der Waals surface area contributed by atoms with E-state index in [0.29, 0.717) is 16.8 Å². The second-order valence-electron chi connectivity index (χ2n) is 9.06. The van der Waals surface area contributed by atoms with E-state index in [-0.39, 0.29) is 28.7 Å². The Labute approximate surface area is 209 Å². The zero-order valence-corrected chi connectivity index (χ0v) is 20.5. The number of phenolic OH excluding ortho intramolecular Hbond substituents is 1. The first-order valence-corrected chi connectivity index (χ1v) is 11.6. The Morgan fingerprint density at radius 3 is 2.25 bits per heavy atom. The maximum Gasteiger partial charge on any atom is 0.338 e. The minimum absolute atomic E-state index is 0.0169. The molecule has 3 aromatic rings. The lowest BCUT2D eigenvalue weighted by Crippen LogP contribution is -2.29. The first-order chi connectivity index (χ1) is 17.1. The monoisotopic (exact) mass is 485 g/mol. The van der Waals surface area contributed by atoms with Gasteiger partial charge in [-0.15, -0.1) is 0 Å². The van der Waals surface area contributed by atoms with Crippen LogP contribution >= 0.6 is 0 Å². The molecule has 0 saturated carbocycles. The maximum absolute atomic E-state index is 13.3. The fourth-order valence-corrected chi connectivity index (χ4v) is 4.18. The van der Waals surface area contributed by atoms with Gasteiger partial charge in [0.2, 0.25) is 0 Å². The highest BCUT2D eigenvalue weighted by atomic mass is 16.5. The number of aliphatic hydroxyl groups is 1. The van der Waals surface area contributed by atoms with Crippen molar-refractivity contribution in [1.29, 1.82) is 0 Å². The molecule has 1 fully saturated rings. The van der Waals surface area contributed by atoms with Crippen LogP contribution in [-0.2, 0) is 14.3 Å². The summed E-state index contributed by atoms with van der Waals surface area (Å²) in [5.74, 6) is -2.53. The number of carbonyl (C=O) groups is 3. The number of hydrogen-bond acceptors (Lipinski definition) is 6. The minimum Gasteiger partial charge on any atom is -0.508 e. The summed E-state index contributed by atoms with van der Waals surface area (Å²) < 4.78 is 5.28. The van der Waals surface area contributed by atoms with Gasteiger partial charge >= 0.3 is 5.97 Å². The Morgan fingerprint density at radius 2 is 1.61 bits per heavy atom. The van der Waals surface area contributed by atoms with E-state index in [1.807, 2.05) is 19.9 Å². The number of carbonyl (C=O) groups excluding carboxylic acids is 3. The SMILES string of the molecule is Cc1ccc(/C(O)=C2\C(=O)C(=O)N(c3cccc(C(=O)OC(C)C)c3)C2c2ccc(O)cc2)cc1C. The lowest BCUT2D eigenvalue weighted by Gasteiger charge is -2.26. The number of amides is 1. The Kier molecular flexibility index (Phi) is 6.66. The van der Waals surface area contributed by atoms with Crippen LogP contribution in [0.25, 0.3) is 5.76 Å². The van der Waals surface area contributed by atoms with E-state index >= 15 is 0 Å². The van der Waals surface area contributed by atoms with Crippen molar-refractivity contribution in [1.82, 2.24) is 0 Å². The minimum atomic E-state index is -0.983.